The predicted molar refractivity (Wildman–Crippen MR) is 76.6 cm³/mol. The third-order valence-corrected chi connectivity index (χ3v) is 2.68. The number of hydrogen-bond acceptors (Lipinski definition) is 2. The molecule has 0 bridgehead atoms. The van der Waals surface area contributed by atoms with E-state index < -0.39 is 0 Å². The van der Waals surface area contributed by atoms with Gasteiger partial charge in [-0.2, -0.15) is 0 Å². The summed E-state index contributed by atoms with van der Waals surface area (Å²) in [6, 6.07) is 16.4. The number of nitrogens with zero attached hydrogens (tertiary/aromatic N) is 1. The van der Waals surface area contributed by atoms with Gasteiger partial charge in [-0.25, -0.2) is 4.99 Å². The first-order valence-electron chi connectivity index (χ1n) is 5.40. The Labute approximate surface area is 111 Å². The van der Waals surface area contributed by atoms with E-state index in [0.717, 1.165) is 5.69 Å². The van der Waals surface area contributed by atoms with Crippen LogP contribution in [0.5, 0.6) is 0 Å². The molecule has 4 heteroatoms. The second-order valence-corrected chi connectivity index (χ2v) is 4.09. The fourth-order valence-corrected chi connectivity index (χ4v) is 1.79. The van der Waals surface area contributed by atoms with Crippen LogP contribution in [0.3, 0.4) is 0 Å². The van der Waals surface area contributed by atoms with Crippen molar-refractivity contribution in [1.82, 2.24) is 0 Å². The molecule has 0 saturated carbocycles. The maximum Gasteiger partial charge on any atom is 0.217 e. The summed E-state index contributed by atoms with van der Waals surface area (Å²) in [5.74, 6) is 0.305. The summed E-state index contributed by atoms with van der Waals surface area (Å²) in [6.45, 7) is 0. The molecule has 2 aromatic rings. The minimum Gasteiger partial charge on any atom is -0.383 e. The van der Waals surface area contributed by atoms with Gasteiger partial charge in [-0.3, -0.25) is 4.79 Å². The number of rotatable bonds is 3. The van der Waals surface area contributed by atoms with Crippen LogP contribution in [0.1, 0.15) is 15.9 Å². The van der Waals surface area contributed by atoms with Crippen LogP contribution in [0, 0.1) is 0 Å². The molecule has 2 aromatic carbocycles. The van der Waals surface area contributed by atoms with Crippen LogP contribution < -0.4 is 5.73 Å². The van der Waals surface area contributed by atoms with Crippen molar-refractivity contribution >= 4 is 29.3 Å². The van der Waals surface area contributed by atoms with Crippen molar-refractivity contribution in [2.75, 3.05) is 0 Å². The van der Waals surface area contributed by atoms with Crippen molar-refractivity contribution in [3.05, 3.63) is 65.7 Å². The lowest BCUT2D eigenvalue weighted by molar-refractivity contribution is 0.109. The zero-order valence-electron chi connectivity index (χ0n) is 9.58. The Kier molecular flexibility index (Phi) is 3.79. The van der Waals surface area contributed by atoms with E-state index in [-0.39, 0.29) is 5.12 Å². The third-order valence-electron chi connectivity index (χ3n) is 2.44. The summed E-state index contributed by atoms with van der Waals surface area (Å²) in [4.78, 5) is 15.7. The molecule has 0 amide bonds. The molecule has 0 aromatic heterocycles. The maximum absolute atomic E-state index is 11.4. The van der Waals surface area contributed by atoms with E-state index in [1.807, 2.05) is 36.4 Å². The summed E-state index contributed by atoms with van der Waals surface area (Å²) in [5.41, 5.74) is 7.73. The number of para-hydroxylation sites is 1. The molecular formula is C14H12N2OS. The first kappa shape index (κ1) is 12.4. The first-order valence-corrected chi connectivity index (χ1v) is 5.85. The molecule has 18 heavy (non-hydrogen) atoms. The molecule has 0 atom stereocenters. The van der Waals surface area contributed by atoms with Gasteiger partial charge in [0.25, 0.3) is 0 Å². The topological polar surface area (TPSA) is 55.4 Å². The van der Waals surface area contributed by atoms with Gasteiger partial charge in [-0.1, -0.05) is 36.4 Å². The van der Waals surface area contributed by atoms with Crippen LogP contribution in [0.2, 0.25) is 0 Å². The van der Waals surface area contributed by atoms with Crippen LogP contribution >= 0.6 is 12.6 Å². The minimum absolute atomic E-state index is 0.305. The fourth-order valence-electron chi connectivity index (χ4n) is 1.59. The smallest absolute Gasteiger partial charge is 0.217 e. The highest BCUT2D eigenvalue weighted by molar-refractivity contribution is 7.97. The number of nitrogens with two attached hydrogens (primary N) is 1. The van der Waals surface area contributed by atoms with E-state index in [0.29, 0.717) is 17.0 Å². The van der Waals surface area contributed by atoms with Gasteiger partial charge in [0, 0.05) is 11.1 Å². The quantitative estimate of drug-likeness (QED) is 0.504. The van der Waals surface area contributed by atoms with Gasteiger partial charge < -0.3 is 5.73 Å². The first-order chi connectivity index (χ1) is 8.68. The van der Waals surface area contributed by atoms with Crippen molar-refractivity contribution in [2.24, 2.45) is 10.7 Å². The van der Waals surface area contributed by atoms with Gasteiger partial charge in [-0.15, -0.1) is 12.6 Å². The summed E-state index contributed by atoms with van der Waals surface area (Å²) in [6.07, 6.45) is 0. The zero-order chi connectivity index (χ0) is 13.0. The van der Waals surface area contributed by atoms with Crippen LogP contribution in [0.15, 0.2) is 59.6 Å². The Bertz CT molecular complexity index is 594. The van der Waals surface area contributed by atoms with E-state index in [1.54, 1.807) is 18.2 Å². The van der Waals surface area contributed by atoms with Gasteiger partial charge in [0.15, 0.2) is 0 Å². The standard InChI is InChI=1S/C14H12N2OS/c15-13(16-10-6-2-1-3-7-10)11-8-4-5-9-12(11)14(17)18/h1-9H,(H2,15,16)(H,17,18). The number of aliphatic imine (C=N–C) groups is 1. The summed E-state index contributed by atoms with van der Waals surface area (Å²) < 4.78 is 0. The number of amidine groups is 1. The molecule has 0 aliphatic heterocycles. The van der Waals surface area contributed by atoms with Crippen molar-refractivity contribution in [1.29, 1.82) is 0 Å². The molecule has 0 aliphatic rings. The van der Waals surface area contributed by atoms with E-state index in [2.05, 4.69) is 17.6 Å². The summed E-state index contributed by atoms with van der Waals surface area (Å²) >= 11 is 3.83. The highest BCUT2D eigenvalue weighted by Gasteiger charge is 2.09. The molecule has 0 saturated heterocycles. The number of benzene rings is 2. The summed E-state index contributed by atoms with van der Waals surface area (Å²) in [5, 5.41) is -0.322. The second-order valence-electron chi connectivity index (χ2n) is 3.68. The van der Waals surface area contributed by atoms with Crippen LogP contribution in [-0.4, -0.2) is 11.0 Å². The molecule has 0 spiro atoms. The van der Waals surface area contributed by atoms with Gasteiger partial charge in [0.05, 0.1) is 5.69 Å². The van der Waals surface area contributed by atoms with Gasteiger partial charge >= 0.3 is 0 Å². The Morgan fingerprint density at radius 2 is 1.50 bits per heavy atom. The van der Waals surface area contributed by atoms with Gasteiger partial charge in [0.1, 0.15) is 5.84 Å². The molecular weight excluding hydrogens is 244 g/mol. The summed E-state index contributed by atoms with van der Waals surface area (Å²) in [7, 11) is 0. The molecule has 0 radical (unpaired) electrons. The lowest BCUT2D eigenvalue weighted by Crippen LogP contribution is -2.16. The molecule has 0 fully saturated rings. The average Bonchev–Trinajstić information content (AvgIpc) is 2.40. The molecule has 0 heterocycles. The Balaban J connectivity index is 2.43. The minimum atomic E-state index is -0.322. The maximum atomic E-state index is 11.4. The van der Waals surface area contributed by atoms with Crippen LogP contribution in [0.4, 0.5) is 5.69 Å². The molecule has 0 aliphatic carbocycles. The van der Waals surface area contributed by atoms with E-state index in [4.69, 9.17) is 5.73 Å². The number of carbonyl (C=O) groups excluding carboxylic acids is 1. The Morgan fingerprint density at radius 3 is 2.11 bits per heavy atom. The van der Waals surface area contributed by atoms with E-state index in [1.165, 1.54) is 0 Å². The Morgan fingerprint density at radius 1 is 0.944 bits per heavy atom. The van der Waals surface area contributed by atoms with E-state index >= 15 is 0 Å². The normalized spacial score (nSPS) is 11.3. The third kappa shape index (κ3) is 2.78. The van der Waals surface area contributed by atoms with Gasteiger partial charge in [-0.05, 0) is 18.2 Å². The number of carbonyl (C=O) groups is 1. The molecule has 0 unspecified atom stereocenters. The lowest BCUT2D eigenvalue weighted by atomic mass is 10.1. The molecule has 2 N–H and O–H groups in total. The number of hydrogen-bond donors (Lipinski definition) is 2. The molecule has 90 valence electrons. The predicted octanol–water partition coefficient (Wildman–Crippen LogP) is 2.79. The zero-order valence-corrected chi connectivity index (χ0v) is 10.5. The SMILES string of the molecule is NC(=Nc1ccccc1)c1ccccc1C(=O)S. The van der Waals surface area contributed by atoms with E-state index in [9.17, 15) is 4.79 Å². The number of thiol groups is 1. The second kappa shape index (κ2) is 5.51. The van der Waals surface area contributed by atoms with Crippen LogP contribution in [-0.2, 0) is 0 Å². The highest BCUT2D eigenvalue weighted by atomic mass is 32.1. The van der Waals surface area contributed by atoms with Gasteiger partial charge in [0.2, 0.25) is 5.12 Å². The monoisotopic (exact) mass is 256 g/mol. The molecule has 3 nitrogen and oxygen atoms in total. The van der Waals surface area contributed by atoms with Crippen molar-refractivity contribution in [3.63, 3.8) is 0 Å². The van der Waals surface area contributed by atoms with Crippen molar-refractivity contribution < 1.29 is 4.79 Å². The fraction of sp³-hybridized carbons (Fsp3) is 0. The highest BCUT2D eigenvalue weighted by Crippen LogP contribution is 2.15. The Hall–Kier alpha value is -2.07. The van der Waals surface area contributed by atoms with Crippen molar-refractivity contribution in [3.8, 4) is 0 Å². The van der Waals surface area contributed by atoms with Crippen molar-refractivity contribution in [2.45, 2.75) is 0 Å². The van der Waals surface area contributed by atoms with Crippen LogP contribution in [0.25, 0.3) is 0 Å². The average molecular weight is 256 g/mol. The molecule has 2 rings (SSSR count). The lowest BCUT2D eigenvalue weighted by Gasteiger charge is -2.05. The largest absolute Gasteiger partial charge is 0.383 e.